The molecule has 0 fully saturated rings. The Hall–Kier alpha value is -1.46. The molecule has 0 aliphatic carbocycles. The lowest BCUT2D eigenvalue weighted by Crippen LogP contribution is -2.24. The molecular weight excluding hydrogens is 260 g/mol. The summed E-state index contributed by atoms with van der Waals surface area (Å²) in [6, 6.07) is 7.54. The summed E-state index contributed by atoms with van der Waals surface area (Å²) in [5.74, 6) is -0.0168. The van der Waals surface area contributed by atoms with Gasteiger partial charge in [-0.25, -0.2) is 0 Å². The van der Waals surface area contributed by atoms with E-state index in [-0.39, 0.29) is 5.91 Å². The van der Waals surface area contributed by atoms with Gasteiger partial charge in [-0.2, -0.15) is 0 Å². The maximum absolute atomic E-state index is 11.6. The van der Waals surface area contributed by atoms with Crippen LogP contribution in [0.25, 0.3) is 0 Å². The molecule has 1 amide bonds. The number of rotatable bonds is 8. The molecule has 5 heteroatoms. The molecule has 0 atom stereocenters. The molecule has 0 unspecified atom stereocenters. The zero-order chi connectivity index (χ0) is 14.1. The summed E-state index contributed by atoms with van der Waals surface area (Å²) in [7, 11) is 0. The highest BCUT2D eigenvalue weighted by Crippen LogP contribution is 2.05. The van der Waals surface area contributed by atoms with Crippen molar-refractivity contribution in [2.75, 3.05) is 13.2 Å². The van der Waals surface area contributed by atoms with Crippen LogP contribution < -0.4 is 11.1 Å². The van der Waals surface area contributed by atoms with Crippen molar-refractivity contribution >= 4 is 23.1 Å². The number of carbonyl (C=O) groups excluding carboxylic acids is 1. The number of carbonyl (C=O) groups is 1. The van der Waals surface area contributed by atoms with Crippen LogP contribution in [-0.2, 0) is 16.1 Å². The van der Waals surface area contributed by atoms with Crippen molar-refractivity contribution in [1.29, 1.82) is 0 Å². The number of hydrogen-bond acceptors (Lipinski definition) is 3. The molecule has 4 nitrogen and oxygen atoms in total. The predicted molar refractivity (Wildman–Crippen MR) is 79.9 cm³/mol. The molecule has 1 aromatic carbocycles. The minimum Gasteiger partial charge on any atom is -0.389 e. The summed E-state index contributed by atoms with van der Waals surface area (Å²) in [6.07, 6.45) is 1.35. The zero-order valence-corrected chi connectivity index (χ0v) is 12.0. The van der Waals surface area contributed by atoms with Crippen molar-refractivity contribution in [2.45, 2.75) is 26.3 Å². The van der Waals surface area contributed by atoms with Gasteiger partial charge in [-0.3, -0.25) is 4.79 Å². The van der Waals surface area contributed by atoms with Crippen LogP contribution in [-0.4, -0.2) is 24.1 Å². The molecule has 1 rings (SSSR count). The van der Waals surface area contributed by atoms with E-state index < -0.39 is 0 Å². The maximum Gasteiger partial charge on any atom is 0.222 e. The van der Waals surface area contributed by atoms with Crippen molar-refractivity contribution < 1.29 is 9.53 Å². The molecule has 1 aromatic rings. The molecule has 0 saturated heterocycles. The van der Waals surface area contributed by atoms with Crippen LogP contribution in [0.3, 0.4) is 0 Å². The fourth-order valence-corrected chi connectivity index (χ4v) is 1.66. The molecular formula is C14H20N2O2S. The van der Waals surface area contributed by atoms with E-state index in [4.69, 9.17) is 22.7 Å². The number of nitrogens with one attached hydrogen (secondary N) is 1. The average molecular weight is 280 g/mol. The Labute approximate surface area is 119 Å². The lowest BCUT2D eigenvalue weighted by Gasteiger charge is -2.07. The molecule has 0 aromatic heterocycles. The highest BCUT2D eigenvalue weighted by atomic mass is 32.1. The fraction of sp³-hybridized carbons (Fsp3) is 0.429. The number of nitrogens with two attached hydrogens (primary N) is 1. The second kappa shape index (κ2) is 8.61. The van der Waals surface area contributed by atoms with Gasteiger partial charge in [0.15, 0.2) is 0 Å². The van der Waals surface area contributed by atoms with Crippen molar-refractivity contribution in [3.63, 3.8) is 0 Å². The first kappa shape index (κ1) is 15.6. The van der Waals surface area contributed by atoms with Gasteiger partial charge >= 0.3 is 0 Å². The van der Waals surface area contributed by atoms with E-state index in [1.54, 1.807) is 0 Å². The van der Waals surface area contributed by atoms with E-state index in [1.807, 2.05) is 31.2 Å². The zero-order valence-electron chi connectivity index (χ0n) is 11.1. The van der Waals surface area contributed by atoms with Crippen LogP contribution in [0.1, 0.15) is 30.9 Å². The van der Waals surface area contributed by atoms with Crippen molar-refractivity contribution in [1.82, 2.24) is 5.32 Å². The molecule has 0 bridgehead atoms. The van der Waals surface area contributed by atoms with E-state index in [2.05, 4.69) is 5.32 Å². The molecule has 0 heterocycles. The van der Waals surface area contributed by atoms with E-state index in [0.717, 1.165) is 17.5 Å². The quantitative estimate of drug-likeness (QED) is 0.562. The highest BCUT2D eigenvalue weighted by molar-refractivity contribution is 7.80. The molecule has 19 heavy (non-hydrogen) atoms. The minimum atomic E-state index is -0.0168. The largest absolute Gasteiger partial charge is 0.389 e. The number of thiocarbonyl (C=S) groups is 1. The summed E-state index contributed by atoms with van der Waals surface area (Å²) in [6.45, 7) is 3.67. The summed E-state index contributed by atoms with van der Waals surface area (Å²) >= 11 is 4.91. The fourth-order valence-electron chi connectivity index (χ4n) is 1.53. The molecule has 0 saturated carbocycles. The number of ether oxygens (including phenoxy) is 1. The minimum absolute atomic E-state index is 0.0168. The summed E-state index contributed by atoms with van der Waals surface area (Å²) in [5.41, 5.74) is 7.35. The van der Waals surface area contributed by atoms with Crippen molar-refractivity contribution in [3.05, 3.63) is 35.4 Å². The van der Waals surface area contributed by atoms with Crippen LogP contribution in [0.5, 0.6) is 0 Å². The smallest absolute Gasteiger partial charge is 0.222 e. The van der Waals surface area contributed by atoms with Crippen molar-refractivity contribution in [2.24, 2.45) is 5.73 Å². The Morgan fingerprint density at radius 2 is 2.21 bits per heavy atom. The van der Waals surface area contributed by atoms with Gasteiger partial charge in [0.05, 0.1) is 6.61 Å². The topological polar surface area (TPSA) is 64.3 Å². The van der Waals surface area contributed by atoms with Gasteiger partial charge in [0.2, 0.25) is 5.91 Å². The third kappa shape index (κ3) is 6.31. The molecule has 0 aliphatic heterocycles. The van der Waals surface area contributed by atoms with E-state index in [0.29, 0.717) is 31.2 Å². The lowest BCUT2D eigenvalue weighted by atomic mass is 10.1. The second-order valence-corrected chi connectivity index (χ2v) is 4.64. The van der Waals surface area contributed by atoms with Crippen LogP contribution >= 0.6 is 12.2 Å². The number of hydrogen-bond donors (Lipinski definition) is 2. The Morgan fingerprint density at radius 1 is 1.42 bits per heavy atom. The van der Waals surface area contributed by atoms with Crippen molar-refractivity contribution in [3.8, 4) is 0 Å². The van der Waals surface area contributed by atoms with E-state index in [9.17, 15) is 4.79 Å². The molecule has 0 spiro atoms. The van der Waals surface area contributed by atoms with Gasteiger partial charge in [0.25, 0.3) is 0 Å². The molecule has 3 N–H and O–H groups in total. The Kier molecular flexibility index (Phi) is 7.07. The molecule has 0 radical (unpaired) electrons. The second-order valence-electron chi connectivity index (χ2n) is 4.20. The normalized spacial score (nSPS) is 10.2. The number of amides is 1. The van der Waals surface area contributed by atoms with Gasteiger partial charge in [0, 0.05) is 25.1 Å². The Bertz CT molecular complexity index is 435. The third-order valence-electron chi connectivity index (χ3n) is 2.52. The van der Waals surface area contributed by atoms with Crippen LogP contribution in [0.2, 0.25) is 0 Å². The van der Waals surface area contributed by atoms with Gasteiger partial charge in [-0.05, 0) is 18.1 Å². The van der Waals surface area contributed by atoms with Gasteiger partial charge < -0.3 is 15.8 Å². The standard InChI is InChI=1S/C14H20N2O2S/c1-2-7-18-8-6-13(17)16-10-11-4-3-5-12(9-11)14(15)19/h3-5,9H,2,6-8,10H2,1H3,(H2,15,19)(H,16,17). The first-order valence-corrected chi connectivity index (χ1v) is 6.77. The van der Waals surface area contributed by atoms with Crippen LogP contribution in [0, 0.1) is 0 Å². The average Bonchev–Trinajstić information content (AvgIpc) is 2.41. The van der Waals surface area contributed by atoms with E-state index >= 15 is 0 Å². The monoisotopic (exact) mass is 280 g/mol. The third-order valence-corrected chi connectivity index (χ3v) is 2.76. The Balaban J connectivity index is 2.33. The highest BCUT2D eigenvalue weighted by Gasteiger charge is 2.02. The maximum atomic E-state index is 11.6. The first-order valence-electron chi connectivity index (χ1n) is 6.36. The molecule has 104 valence electrons. The summed E-state index contributed by atoms with van der Waals surface area (Å²) in [5, 5.41) is 2.84. The SMILES string of the molecule is CCCOCCC(=O)NCc1cccc(C(N)=S)c1. The van der Waals surface area contributed by atoms with Gasteiger partial charge in [-0.15, -0.1) is 0 Å². The predicted octanol–water partition coefficient (Wildman–Crippen LogP) is 1.75. The van der Waals surface area contributed by atoms with Crippen LogP contribution in [0.4, 0.5) is 0 Å². The van der Waals surface area contributed by atoms with E-state index in [1.165, 1.54) is 0 Å². The lowest BCUT2D eigenvalue weighted by molar-refractivity contribution is -0.122. The first-order chi connectivity index (χ1) is 9.13. The number of benzene rings is 1. The Morgan fingerprint density at radius 3 is 2.89 bits per heavy atom. The summed E-state index contributed by atoms with van der Waals surface area (Å²) in [4.78, 5) is 11.9. The molecule has 0 aliphatic rings. The summed E-state index contributed by atoms with van der Waals surface area (Å²) < 4.78 is 5.26. The van der Waals surface area contributed by atoms with Gasteiger partial charge in [-0.1, -0.05) is 37.3 Å². The van der Waals surface area contributed by atoms with Crippen LogP contribution in [0.15, 0.2) is 24.3 Å². The van der Waals surface area contributed by atoms with Gasteiger partial charge in [0.1, 0.15) is 4.99 Å².